The quantitative estimate of drug-likeness (QED) is 0.673. The number of nitrogens with one attached hydrogen (secondary N) is 1. The van der Waals surface area contributed by atoms with Crippen molar-refractivity contribution in [1.82, 2.24) is 14.6 Å². The second-order valence-corrected chi connectivity index (χ2v) is 9.71. The molecule has 1 fully saturated rings. The Kier molecular flexibility index (Phi) is 7.67. The first-order valence-corrected chi connectivity index (χ1v) is 12.4. The molecule has 2 heterocycles. The number of carbonyl (C=O) groups excluding carboxylic acids is 1. The lowest BCUT2D eigenvalue weighted by atomic mass is 10.1. The number of pyridine rings is 1. The molecule has 0 spiro atoms. The molecule has 0 aliphatic carbocycles. The molecule has 1 aromatic heterocycles. The van der Waals surface area contributed by atoms with Gasteiger partial charge in [-0.2, -0.15) is 4.31 Å². The van der Waals surface area contributed by atoms with Crippen molar-refractivity contribution in [3.05, 3.63) is 53.7 Å². The molecule has 1 amide bonds. The Morgan fingerprint density at radius 2 is 1.74 bits per heavy atom. The normalized spacial score (nSPS) is 15.7. The van der Waals surface area contributed by atoms with Crippen molar-refractivity contribution in [1.29, 1.82) is 0 Å². The van der Waals surface area contributed by atoms with Crippen LogP contribution in [0.1, 0.15) is 62.0 Å². The summed E-state index contributed by atoms with van der Waals surface area (Å²) in [6, 6.07) is 10.0. The number of piperidine rings is 1. The van der Waals surface area contributed by atoms with Gasteiger partial charge in [0.25, 0.3) is 5.91 Å². The van der Waals surface area contributed by atoms with E-state index in [2.05, 4.69) is 15.2 Å². The van der Waals surface area contributed by atoms with E-state index >= 15 is 0 Å². The van der Waals surface area contributed by atoms with Gasteiger partial charge in [0.1, 0.15) is 5.82 Å². The van der Waals surface area contributed by atoms with Gasteiger partial charge in [-0.3, -0.25) is 4.79 Å². The molecule has 1 saturated heterocycles. The van der Waals surface area contributed by atoms with Crippen LogP contribution in [0.5, 0.6) is 0 Å². The van der Waals surface area contributed by atoms with Crippen LogP contribution in [0.25, 0.3) is 0 Å². The van der Waals surface area contributed by atoms with Crippen molar-refractivity contribution in [3.8, 4) is 0 Å². The van der Waals surface area contributed by atoms with E-state index in [-0.39, 0.29) is 16.8 Å². The lowest BCUT2D eigenvalue weighted by Crippen LogP contribution is -2.34. The summed E-state index contributed by atoms with van der Waals surface area (Å²) in [7, 11) is -3.50. The van der Waals surface area contributed by atoms with Gasteiger partial charge in [0, 0.05) is 32.4 Å². The molecular weight excluding hydrogens is 412 g/mol. The van der Waals surface area contributed by atoms with Gasteiger partial charge in [0.05, 0.1) is 16.5 Å². The molecule has 1 aliphatic heterocycles. The lowest BCUT2D eigenvalue weighted by molar-refractivity contribution is 0.0940. The van der Waals surface area contributed by atoms with Crippen molar-refractivity contribution < 1.29 is 13.2 Å². The minimum absolute atomic E-state index is 0.180. The summed E-state index contributed by atoms with van der Waals surface area (Å²) < 4.78 is 26.8. The van der Waals surface area contributed by atoms with Crippen LogP contribution in [0.2, 0.25) is 0 Å². The van der Waals surface area contributed by atoms with Gasteiger partial charge in [-0.25, -0.2) is 13.4 Å². The number of aromatic nitrogens is 1. The summed E-state index contributed by atoms with van der Waals surface area (Å²) in [4.78, 5) is 19.9. The molecule has 3 rings (SSSR count). The molecule has 7 nitrogen and oxygen atoms in total. The Balaban J connectivity index is 1.74. The largest absolute Gasteiger partial charge is 0.356 e. The van der Waals surface area contributed by atoms with Crippen LogP contribution in [-0.4, -0.2) is 49.8 Å². The van der Waals surface area contributed by atoms with E-state index in [0.29, 0.717) is 18.7 Å². The van der Waals surface area contributed by atoms with Gasteiger partial charge >= 0.3 is 0 Å². The molecule has 2 aromatic rings. The number of carbonyl (C=O) groups is 1. The lowest BCUT2D eigenvalue weighted by Gasteiger charge is -2.29. The van der Waals surface area contributed by atoms with Crippen LogP contribution in [0.3, 0.4) is 0 Å². The number of rotatable bonds is 8. The van der Waals surface area contributed by atoms with E-state index in [9.17, 15) is 13.2 Å². The minimum atomic E-state index is -3.50. The van der Waals surface area contributed by atoms with Crippen LogP contribution >= 0.6 is 0 Å². The zero-order valence-electron chi connectivity index (χ0n) is 18.5. The van der Waals surface area contributed by atoms with Crippen molar-refractivity contribution in [2.75, 3.05) is 31.1 Å². The third kappa shape index (κ3) is 5.25. The number of sulfonamides is 1. The van der Waals surface area contributed by atoms with Crippen LogP contribution in [-0.2, 0) is 10.0 Å². The van der Waals surface area contributed by atoms with Crippen LogP contribution < -0.4 is 10.2 Å². The van der Waals surface area contributed by atoms with Gasteiger partial charge in [-0.15, -0.1) is 0 Å². The van der Waals surface area contributed by atoms with Gasteiger partial charge in [-0.05, 0) is 56.0 Å². The Hall–Kier alpha value is -2.45. The first-order chi connectivity index (χ1) is 14.9. The van der Waals surface area contributed by atoms with E-state index in [1.54, 1.807) is 42.6 Å². The number of hydrogen-bond donors (Lipinski definition) is 1. The minimum Gasteiger partial charge on any atom is -0.356 e. The van der Waals surface area contributed by atoms with Crippen molar-refractivity contribution in [3.63, 3.8) is 0 Å². The topological polar surface area (TPSA) is 82.6 Å². The summed E-state index contributed by atoms with van der Waals surface area (Å²) >= 11 is 0. The standard InChI is InChI=1S/C23H32N4O3S/c1-4-27(5-2)31(29,30)20-13-11-19(12-14-20)18(3)25-23(28)21-10-9-15-24-22(21)26-16-7-6-8-17-26/h9-15,18H,4-8,16-17H2,1-3H3,(H,25,28). The predicted molar refractivity (Wildman–Crippen MR) is 123 cm³/mol. The van der Waals surface area contributed by atoms with Gasteiger partial charge in [-0.1, -0.05) is 26.0 Å². The predicted octanol–water partition coefficient (Wildman–Crippen LogP) is 3.59. The molecule has 31 heavy (non-hydrogen) atoms. The maximum Gasteiger partial charge on any atom is 0.255 e. The van der Waals surface area contributed by atoms with Gasteiger partial charge in [0.15, 0.2) is 0 Å². The average Bonchev–Trinajstić information content (AvgIpc) is 2.80. The van der Waals surface area contributed by atoms with Gasteiger partial charge in [0.2, 0.25) is 10.0 Å². The monoisotopic (exact) mass is 444 g/mol. The Morgan fingerprint density at radius 3 is 2.35 bits per heavy atom. The first-order valence-electron chi connectivity index (χ1n) is 11.0. The highest BCUT2D eigenvalue weighted by Gasteiger charge is 2.23. The maximum absolute atomic E-state index is 13.0. The average molecular weight is 445 g/mol. The Morgan fingerprint density at radius 1 is 1.10 bits per heavy atom. The molecule has 0 bridgehead atoms. The van der Waals surface area contributed by atoms with Crippen molar-refractivity contribution in [2.45, 2.75) is 51.0 Å². The highest BCUT2D eigenvalue weighted by molar-refractivity contribution is 7.89. The van der Waals surface area contributed by atoms with Crippen LogP contribution in [0.15, 0.2) is 47.5 Å². The molecule has 1 aliphatic rings. The van der Waals surface area contributed by atoms with E-state index in [1.165, 1.54) is 10.7 Å². The fourth-order valence-corrected chi connectivity index (χ4v) is 5.39. The summed E-state index contributed by atoms with van der Waals surface area (Å²) in [5.41, 5.74) is 1.41. The fourth-order valence-electron chi connectivity index (χ4n) is 3.93. The Labute approximate surface area is 185 Å². The molecule has 1 atom stereocenters. The number of nitrogens with zero attached hydrogens (tertiary/aromatic N) is 3. The summed E-state index contributed by atoms with van der Waals surface area (Å²) in [6.07, 6.45) is 5.15. The summed E-state index contributed by atoms with van der Waals surface area (Å²) in [5, 5.41) is 3.03. The molecular formula is C23H32N4O3S. The fraction of sp³-hybridized carbons (Fsp3) is 0.478. The van der Waals surface area contributed by atoms with Crippen LogP contribution in [0.4, 0.5) is 5.82 Å². The third-order valence-electron chi connectivity index (χ3n) is 5.76. The van der Waals surface area contributed by atoms with E-state index in [4.69, 9.17) is 0 Å². The number of amides is 1. The van der Waals surface area contributed by atoms with Gasteiger partial charge < -0.3 is 10.2 Å². The van der Waals surface area contributed by atoms with Crippen molar-refractivity contribution in [2.24, 2.45) is 0 Å². The molecule has 0 saturated carbocycles. The smallest absolute Gasteiger partial charge is 0.255 e. The number of anilines is 1. The second kappa shape index (κ2) is 10.2. The molecule has 0 radical (unpaired) electrons. The number of benzene rings is 1. The number of hydrogen-bond acceptors (Lipinski definition) is 5. The van der Waals surface area contributed by atoms with E-state index in [1.807, 2.05) is 20.8 Å². The molecule has 8 heteroatoms. The first kappa shape index (κ1) is 23.2. The summed E-state index contributed by atoms with van der Waals surface area (Å²) in [6.45, 7) is 8.22. The highest BCUT2D eigenvalue weighted by Crippen LogP contribution is 2.23. The SMILES string of the molecule is CCN(CC)S(=O)(=O)c1ccc(C(C)NC(=O)c2cccnc2N2CCCCC2)cc1. The second-order valence-electron chi connectivity index (χ2n) is 7.78. The Bertz CT molecular complexity index is 982. The zero-order valence-corrected chi connectivity index (χ0v) is 19.4. The molecule has 1 unspecified atom stereocenters. The third-order valence-corrected chi connectivity index (χ3v) is 7.82. The van der Waals surface area contributed by atoms with Crippen molar-refractivity contribution >= 4 is 21.7 Å². The molecule has 1 N–H and O–H groups in total. The molecule has 168 valence electrons. The zero-order chi connectivity index (χ0) is 22.4. The highest BCUT2D eigenvalue weighted by atomic mass is 32.2. The maximum atomic E-state index is 13.0. The van der Waals surface area contributed by atoms with Crippen LogP contribution in [0, 0.1) is 0 Å². The molecule has 1 aromatic carbocycles. The van der Waals surface area contributed by atoms with E-state index < -0.39 is 10.0 Å². The summed E-state index contributed by atoms with van der Waals surface area (Å²) in [5.74, 6) is 0.550. The van der Waals surface area contributed by atoms with E-state index in [0.717, 1.165) is 37.3 Å².